The van der Waals surface area contributed by atoms with Crippen LogP contribution in [0.4, 0.5) is 11.4 Å². The topological polar surface area (TPSA) is 90.7 Å². The van der Waals surface area contributed by atoms with Crippen LogP contribution in [-0.2, 0) is 0 Å². The van der Waals surface area contributed by atoms with Crippen molar-refractivity contribution in [2.45, 2.75) is 6.92 Å². The third kappa shape index (κ3) is 5.55. The summed E-state index contributed by atoms with van der Waals surface area (Å²) < 4.78 is 11.2. The van der Waals surface area contributed by atoms with E-state index in [-0.39, 0.29) is 11.6 Å². The van der Waals surface area contributed by atoms with Crippen molar-refractivity contribution in [3.63, 3.8) is 0 Å². The molecule has 0 atom stereocenters. The molecule has 3 aromatic carbocycles. The lowest BCUT2D eigenvalue weighted by Gasteiger charge is -2.10. The average molecular weight is 392 g/mol. The van der Waals surface area contributed by atoms with Gasteiger partial charge in [0.1, 0.15) is 24.7 Å². The predicted octanol–water partition coefficient (Wildman–Crippen LogP) is 4.61. The Balaban J connectivity index is 1.53. The highest BCUT2D eigenvalue weighted by Crippen LogP contribution is 2.23. The van der Waals surface area contributed by atoms with Crippen LogP contribution in [0.2, 0.25) is 0 Å². The van der Waals surface area contributed by atoms with Gasteiger partial charge in [0.05, 0.1) is 10.6 Å². The molecule has 1 amide bonds. The molecule has 0 aliphatic heterocycles. The van der Waals surface area contributed by atoms with E-state index in [0.717, 1.165) is 11.3 Å². The number of hydrogen-bond acceptors (Lipinski definition) is 5. The zero-order valence-electron chi connectivity index (χ0n) is 15.8. The second-order valence-electron chi connectivity index (χ2n) is 6.24. The van der Waals surface area contributed by atoms with Gasteiger partial charge in [-0.15, -0.1) is 0 Å². The monoisotopic (exact) mass is 392 g/mol. The van der Waals surface area contributed by atoms with Crippen molar-refractivity contribution >= 4 is 17.3 Å². The van der Waals surface area contributed by atoms with Crippen LogP contribution in [0.1, 0.15) is 15.9 Å². The smallest absolute Gasteiger partial charge is 0.271 e. The maximum atomic E-state index is 12.4. The van der Waals surface area contributed by atoms with Gasteiger partial charge in [-0.25, -0.2) is 0 Å². The number of carbonyl (C=O) groups excluding carboxylic acids is 1. The minimum atomic E-state index is -0.497. The molecule has 0 bridgehead atoms. The molecule has 0 aliphatic rings. The first-order chi connectivity index (χ1) is 14.0. The number of hydrogen-bond donors (Lipinski definition) is 1. The fourth-order valence-electron chi connectivity index (χ4n) is 2.59. The third-order valence-electron chi connectivity index (χ3n) is 4.16. The van der Waals surface area contributed by atoms with Crippen LogP contribution in [0, 0.1) is 17.0 Å². The molecule has 0 aromatic heterocycles. The standard InChI is InChI=1S/C22H20N2O5/c1-16-7-10-18(24(26)27)15-21(16)23-22(25)17-8-11-20(12-9-17)29-14-13-28-19-5-3-2-4-6-19/h2-12,15H,13-14H2,1H3,(H,23,25). The first-order valence-electron chi connectivity index (χ1n) is 9.00. The van der Waals surface area contributed by atoms with Crippen LogP contribution in [-0.4, -0.2) is 24.0 Å². The quantitative estimate of drug-likeness (QED) is 0.343. The van der Waals surface area contributed by atoms with E-state index in [1.54, 1.807) is 37.3 Å². The summed E-state index contributed by atoms with van der Waals surface area (Å²) in [6.07, 6.45) is 0. The van der Waals surface area contributed by atoms with Crippen molar-refractivity contribution in [2.24, 2.45) is 0 Å². The van der Waals surface area contributed by atoms with Gasteiger partial charge in [0.2, 0.25) is 0 Å². The van der Waals surface area contributed by atoms with Gasteiger partial charge in [0, 0.05) is 17.7 Å². The molecule has 7 heteroatoms. The third-order valence-corrected chi connectivity index (χ3v) is 4.16. The maximum Gasteiger partial charge on any atom is 0.271 e. The van der Waals surface area contributed by atoms with E-state index in [1.807, 2.05) is 30.3 Å². The molecular weight excluding hydrogens is 372 g/mol. The molecule has 148 valence electrons. The van der Waals surface area contributed by atoms with Crippen molar-refractivity contribution < 1.29 is 19.2 Å². The largest absolute Gasteiger partial charge is 0.490 e. The van der Waals surface area contributed by atoms with E-state index in [2.05, 4.69) is 5.32 Å². The highest BCUT2D eigenvalue weighted by molar-refractivity contribution is 6.04. The Hall–Kier alpha value is -3.87. The van der Waals surface area contributed by atoms with Crippen molar-refractivity contribution in [2.75, 3.05) is 18.5 Å². The van der Waals surface area contributed by atoms with E-state index < -0.39 is 4.92 Å². The minimum Gasteiger partial charge on any atom is -0.490 e. The zero-order chi connectivity index (χ0) is 20.6. The molecule has 0 radical (unpaired) electrons. The first-order valence-corrected chi connectivity index (χ1v) is 9.00. The number of amides is 1. The molecule has 3 rings (SSSR count). The van der Waals surface area contributed by atoms with Crippen molar-refractivity contribution in [1.82, 2.24) is 0 Å². The number of benzene rings is 3. The lowest BCUT2D eigenvalue weighted by Crippen LogP contribution is -2.13. The van der Waals surface area contributed by atoms with Crippen LogP contribution in [0.5, 0.6) is 11.5 Å². The van der Waals surface area contributed by atoms with Gasteiger partial charge < -0.3 is 14.8 Å². The van der Waals surface area contributed by atoms with Gasteiger partial charge in [-0.1, -0.05) is 24.3 Å². The summed E-state index contributed by atoms with van der Waals surface area (Å²) in [4.78, 5) is 22.9. The van der Waals surface area contributed by atoms with Crippen LogP contribution < -0.4 is 14.8 Å². The lowest BCUT2D eigenvalue weighted by molar-refractivity contribution is -0.384. The van der Waals surface area contributed by atoms with E-state index >= 15 is 0 Å². The summed E-state index contributed by atoms with van der Waals surface area (Å²) in [5.41, 5.74) is 1.49. The molecule has 0 saturated carbocycles. The molecule has 0 unspecified atom stereocenters. The maximum absolute atomic E-state index is 12.4. The number of nitro groups is 1. The highest BCUT2D eigenvalue weighted by Gasteiger charge is 2.12. The van der Waals surface area contributed by atoms with Crippen LogP contribution in [0.3, 0.4) is 0 Å². The Bertz CT molecular complexity index is 988. The first kappa shape index (κ1) is 19.9. The highest BCUT2D eigenvalue weighted by atomic mass is 16.6. The van der Waals surface area contributed by atoms with Gasteiger partial charge in [0.15, 0.2) is 0 Å². The van der Waals surface area contributed by atoms with Crippen LogP contribution >= 0.6 is 0 Å². The SMILES string of the molecule is Cc1ccc([N+](=O)[O-])cc1NC(=O)c1ccc(OCCOc2ccccc2)cc1. The number of carbonyl (C=O) groups is 1. The second kappa shape index (κ2) is 9.36. The Morgan fingerprint density at radius 2 is 1.55 bits per heavy atom. The number of ether oxygens (including phenoxy) is 2. The number of para-hydroxylation sites is 1. The lowest BCUT2D eigenvalue weighted by atomic mass is 10.1. The average Bonchev–Trinajstić information content (AvgIpc) is 2.74. The van der Waals surface area contributed by atoms with Gasteiger partial charge in [-0.3, -0.25) is 14.9 Å². The minimum absolute atomic E-state index is 0.0765. The van der Waals surface area contributed by atoms with Crippen molar-refractivity contribution in [1.29, 1.82) is 0 Å². The molecule has 0 fully saturated rings. The van der Waals surface area contributed by atoms with Gasteiger partial charge in [0.25, 0.3) is 11.6 Å². The van der Waals surface area contributed by atoms with E-state index in [1.165, 1.54) is 12.1 Å². The summed E-state index contributed by atoms with van der Waals surface area (Å²) >= 11 is 0. The number of nitrogens with zero attached hydrogens (tertiary/aromatic N) is 1. The fraction of sp³-hybridized carbons (Fsp3) is 0.136. The van der Waals surface area contributed by atoms with Crippen LogP contribution in [0.15, 0.2) is 72.8 Å². The summed E-state index contributed by atoms with van der Waals surface area (Å²) in [5, 5.41) is 13.6. The van der Waals surface area contributed by atoms with Crippen molar-refractivity contribution in [3.8, 4) is 11.5 Å². The number of rotatable bonds is 8. The van der Waals surface area contributed by atoms with E-state index in [0.29, 0.717) is 30.2 Å². The molecule has 1 N–H and O–H groups in total. The molecule has 0 aliphatic carbocycles. The molecule has 0 saturated heterocycles. The number of anilines is 1. The summed E-state index contributed by atoms with van der Waals surface area (Å²) in [7, 11) is 0. The molecular formula is C22H20N2O5. The summed E-state index contributed by atoms with van der Waals surface area (Å²) in [6.45, 7) is 2.54. The Morgan fingerprint density at radius 3 is 2.17 bits per heavy atom. The summed E-state index contributed by atoms with van der Waals surface area (Å²) in [6, 6.07) is 20.5. The summed E-state index contributed by atoms with van der Waals surface area (Å²) in [5.74, 6) is 1.04. The van der Waals surface area contributed by atoms with Crippen LogP contribution in [0.25, 0.3) is 0 Å². The van der Waals surface area contributed by atoms with E-state index in [4.69, 9.17) is 9.47 Å². The second-order valence-corrected chi connectivity index (χ2v) is 6.24. The molecule has 7 nitrogen and oxygen atoms in total. The number of nitrogens with one attached hydrogen (secondary N) is 1. The fourth-order valence-corrected chi connectivity index (χ4v) is 2.59. The predicted molar refractivity (Wildman–Crippen MR) is 110 cm³/mol. The van der Waals surface area contributed by atoms with Gasteiger partial charge in [-0.05, 0) is 48.9 Å². The normalized spacial score (nSPS) is 10.2. The molecule has 0 heterocycles. The molecule has 0 spiro atoms. The number of nitro benzene ring substituents is 1. The van der Waals surface area contributed by atoms with Gasteiger partial charge >= 0.3 is 0 Å². The van der Waals surface area contributed by atoms with Crippen molar-refractivity contribution in [3.05, 3.63) is 94.0 Å². The van der Waals surface area contributed by atoms with Gasteiger partial charge in [-0.2, -0.15) is 0 Å². The molecule has 29 heavy (non-hydrogen) atoms. The number of aryl methyl sites for hydroxylation is 1. The zero-order valence-corrected chi connectivity index (χ0v) is 15.8. The Labute approximate surface area is 168 Å². The number of non-ortho nitro benzene ring substituents is 1. The van der Waals surface area contributed by atoms with E-state index in [9.17, 15) is 14.9 Å². The molecule has 3 aromatic rings. The Morgan fingerprint density at radius 1 is 0.931 bits per heavy atom. The Kier molecular flexibility index (Phi) is 6.42.